The molecule has 0 amide bonds. The summed E-state index contributed by atoms with van der Waals surface area (Å²) in [5.74, 6) is 0.295. The van der Waals surface area contributed by atoms with Crippen LogP contribution in [0, 0.1) is 5.41 Å². The number of nitrogens with one attached hydrogen (secondary N) is 1. The zero-order chi connectivity index (χ0) is 22.5. The normalized spacial score (nSPS) is 19.4. The second-order valence-corrected chi connectivity index (χ2v) is 12.7. The smallest absolute Gasteiger partial charge is 0.492 e. The highest BCUT2D eigenvalue weighted by Gasteiger charge is 2.51. The first-order chi connectivity index (χ1) is 12.8. The standard InChI is InChI=1S/C21H36BNO5S/c1-18(2,3)14-26-16-13-15(22-27-20(7,8)21(9,10)28-22)11-12-17(16)29(24,25)23-19(4,5)6/h11-13,23H,14H2,1-10H3. The van der Waals surface area contributed by atoms with E-state index in [0.29, 0.717) is 12.4 Å². The maximum atomic E-state index is 13.0. The Morgan fingerprint density at radius 2 is 1.52 bits per heavy atom. The maximum absolute atomic E-state index is 13.0. The number of ether oxygens (including phenoxy) is 1. The van der Waals surface area contributed by atoms with Gasteiger partial charge in [-0.25, -0.2) is 13.1 Å². The van der Waals surface area contributed by atoms with Gasteiger partial charge in [-0.1, -0.05) is 26.8 Å². The topological polar surface area (TPSA) is 73.9 Å². The highest BCUT2D eigenvalue weighted by Crippen LogP contribution is 2.37. The highest BCUT2D eigenvalue weighted by molar-refractivity contribution is 7.89. The van der Waals surface area contributed by atoms with E-state index in [9.17, 15) is 8.42 Å². The molecule has 1 saturated heterocycles. The molecule has 1 aromatic rings. The summed E-state index contributed by atoms with van der Waals surface area (Å²) in [4.78, 5) is 0.108. The van der Waals surface area contributed by atoms with Crippen LogP contribution in [0.2, 0.25) is 0 Å². The van der Waals surface area contributed by atoms with Crippen LogP contribution >= 0.6 is 0 Å². The van der Waals surface area contributed by atoms with Gasteiger partial charge in [-0.05, 0) is 71.5 Å². The molecule has 6 nitrogen and oxygen atoms in total. The summed E-state index contributed by atoms with van der Waals surface area (Å²) in [6.45, 7) is 19.8. The first-order valence-corrected chi connectivity index (χ1v) is 11.5. The molecule has 0 bridgehead atoms. The van der Waals surface area contributed by atoms with E-state index in [0.717, 1.165) is 5.46 Å². The van der Waals surface area contributed by atoms with Gasteiger partial charge in [0.15, 0.2) is 0 Å². The number of benzene rings is 1. The summed E-state index contributed by atoms with van der Waals surface area (Å²) < 4.78 is 46.9. The third-order valence-corrected chi connectivity index (χ3v) is 6.68. The maximum Gasteiger partial charge on any atom is 0.494 e. The van der Waals surface area contributed by atoms with Crippen LogP contribution in [0.5, 0.6) is 5.75 Å². The van der Waals surface area contributed by atoms with Crippen molar-refractivity contribution in [3.63, 3.8) is 0 Å². The molecule has 0 aromatic heterocycles. The Morgan fingerprint density at radius 3 is 1.97 bits per heavy atom. The van der Waals surface area contributed by atoms with Gasteiger partial charge in [0.1, 0.15) is 10.6 Å². The van der Waals surface area contributed by atoms with Crippen molar-refractivity contribution in [1.82, 2.24) is 4.72 Å². The SMILES string of the molecule is CC(C)(C)COc1cc(B2OC(C)(C)C(C)(C)O2)ccc1S(=O)(=O)NC(C)(C)C. The Hall–Kier alpha value is -1.09. The fourth-order valence-electron chi connectivity index (χ4n) is 2.74. The van der Waals surface area contributed by atoms with Gasteiger partial charge in [0.05, 0.1) is 17.8 Å². The Bertz CT molecular complexity index is 835. The molecule has 0 unspecified atom stereocenters. The van der Waals surface area contributed by atoms with E-state index < -0.39 is 33.9 Å². The van der Waals surface area contributed by atoms with Crippen molar-refractivity contribution in [2.45, 2.75) is 90.9 Å². The Labute approximate surface area is 176 Å². The monoisotopic (exact) mass is 425 g/mol. The largest absolute Gasteiger partial charge is 0.494 e. The number of hydrogen-bond donors (Lipinski definition) is 1. The van der Waals surface area contributed by atoms with Gasteiger partial charge >= 0.3 is 7.12 Å². The Morgan fingerprint density at radius 1 is 1.00 bits per heavy atom. The third kappa shape index (κ3) is 5.97. The quantitative estimate of drug-likeness (QED) is 0.732. The summed E-state index contributed by atoms with van der Waals surface area (Å²) >= 11 is 0. The Balaban J connectivity index is 2.46. The fraction of sp³-hybridized carbons (Fsp3) is 0.714. The molecule has 2 rings (SSSR count). The van der Waals surface area contributed by atoms with Crippen LogP contribution in [0.3, 0.4) is 0 Å². The van der Waals surface area contributed by atoms with Crippen LogP contribution in [0.15, 0.2) is 23.1 Å². The van der Waals surface area contributed by atoms with E-state index in [4.69, 9.17) is 14.0 Å². The molecule has 0 radical (unpaired) electrons. The molecule has 1 aromatic carbocycles. The van der Waals surface area contributed by atoms with Crippen molar-refractivity contribution in [3.05, 3.63) is 18.2 Å². The molecule has 1 heterocycles. The first kappa shape index (κ1) is 24.2. The molecule has 1 fully saturated rings. The van der Waals surface area contributed by atoms with Gasteiger partial charge in [-0.3, -0.25) is 0 Å². The molecular weight excluding hydrogens is 389 g/mol. The van der Waals surface area contributed by atoms with Crippen LogP contribution in [0.25, 0.3) is 0 Å². The van der Waals surface area contributed by atoms with E-state index in [1.807, 2.05) is 48.5 Å². The lowest BCUT2D eigenvalue weighted by Gasteiger charge is -2.32. The van der Waals surface area contributed by atoms with Crippen molar-refractivity contribution < 1.29 is 22.5 Å². The zero-order valence-electron chi connectivity index (χ0n) is 19.5. The van der Waals surface area contributed by atoms with Crippen LogP contribution in [0.1, 0.15) is 69.2 Å². The summed E-state index contributed by atoms with van der Waals surface area (Å²) in [6, 6.07) is 5.00. The summed E-state index contributed by atoms with van der Waals surface area (Å²) in [5, 5.41) is 0. The lowest BCUT2D eigenvalue weighted by Crippen LogP contribution is -2.41. The van der Waals surface area contributed by atoms with E-state index in [-0.39, 0.29) is 10.3 Å². The van der Waals surface area contributed by atoms with Gasteiger partial charge in [0, 0.05) is 5.54 Å². The molecular formula is C21H36BNO5S. The minimum absolute atomic E-state index is 0.108. The third-order valence-electron chi connectivity index (χ3n) is 4.88. The minimum Gasteiger partial charge on any atom is -0.492 e. The molecule has 8 heteroatoms. The van der Waals surface area contributed by atoms with Gasteiger partial charge < -0.3 is 14.0 Å². The van der Waals surface area contributed by atoms with Gasteiger partial charge in [-0.15, -0.1) is 0 Å². The average Bonchev–Trinajstić information content (AvgIpc) is 2.70. The number of rotatable bonds is 5. The molecule has 0 saturated carbocycles. The second-order valence-electron chi connectivity index (χ2n) is 11.0. The van der Waals surface area contributed by atoms with Crippen molar-refractivity contribution in [1.29, 1.82) is 0 Å². The molecule has 1 aliphatic rings. The summed E-state index contributed by atoms with van der Waals surface area (Å²) in [7, 11) is -4.35. The van der Waals surface area contributed by atoms with Gasteiger partial charge in [0.2, 0.25) is 10.0 Å². The molecule has 1 aliphatic heterocycles. The molecule has 0 spiro atoms. The Kier molecular flexibility index (Phi) is 6.30. The zero-order valence-corrected chi connectivity index (χ0v) is 20.3. The second kappa shape index (κ2) is 7.55. The molecule has 1 N–H and O–H groups in total. The van der Waals surface area contributed by atoms with Crippen LogP contribution in [-0.4, -0.2) is 38.9 Å². The number of hydrogen-bond acceptors (Lipinski definition) is 5. The van der Waals surface area contributed by atoms with E-state index in [1.165, 1.54) is 0 Å². The van der Waals surface area contributed by atoms with E-state index in [2.05, 4.69) is 4.72 Å². The summed E-state index contributed by atoms with van der Waals surface area (Å²) in [5.41, 5.74) is -0.975. The van der Waals surface area contributed by atoms with E-state index >= 15 is 0 Å². The van der Waals surface area contributed by atoms with E-state index in [1.54, 1.807) is 39.0 Å². The van der Waals surface area contributed by atoms with Crippen LogP contribution in [0.4, 0.5) is 0 Å². The van der Waals surface area contributed by atoms with Crippen molar-refractivity contribution in [3.8, 4) is 5.75 Å². The summed E-state index contributed by atoms with van der Waals surface area (Å²) in [6.07, 6.45) is 0. The number of sulfonamides is 1. The average molecular weight is 425 g/mol. The first-order valence-electron chi connectivity index (χ1n) is 9.99. The molecule has 29 heavy (non-hydrogen) atoms. The predicted molar refractivity (Wildman–Crippen MR) is 117 cm³/mol. The van der Waals surface area contributed by atoms with Crippen molar-refractivity contribution in [2.24, 2.45) is 5.41 Å². The van der Waals surface area contributed by atoms with Crippen molar-refractivity contribution >= 4 is 22.6 Å². The molecule has 0 atom stereocenters. The van der Waals surface area contributed by atoms with Crippen LogP contribution in [-0.2, 0) is 19.3 Å². The predicted octanol–water partition coefficient (Wildman–Crippen LogP) is 3.49. The molecule has 0 aliphatic carbocycles. The van der Waals surface area contributed by atoms with Gasteiger partial charge in [0.25, 0.3) is 0 Å². The van der Waals surface area contributed by atoms with Crippen LogP contribution < -0.4 is 14.9 Å². The lowest BCUT2D eigenvalue weighted by molar-refractivity contribution is 0.00578. The van der Waals surface area contributed by atoms with Gasteiger partial charge in [-0.2, -0.15) is 0 Å². The van der Waals surface area contributed by atoms with Crippen molar-refractivity contribution in [2.75, 3.05) is 6.61 Å². The minimum atomic E-state index is -3.76. The fourth-order valence-corrected chi connectivity index (χ4v) is 4.28. The highest BCUT2D eigenvalue weighted by atomic mass is 32.2. The molecule has 164 valence electrons. The lowest BCUT2D eigenvalue weighted by atomic mass is 9.79.